The molecule has 0 aliphatic carbocycles. The van der Waals surface area contributed by atoms with Gasteiger partial charge in [0, 0.05) is 23.1 Å². The predicted octanol–water partition coefficient (Wildman–Crippen LogP) is 3.31. The van der Waals surface area contributed by atoms with Crippen LogP contribution in [-0.4, -0.2) is 19.9 Å². The first kappa shape index (κ1) is 15.8. The second-order valence-electron chi connectivity index (χ2n) is 5.73. The molecule has 0 aliphatic rings. The summed E-state index contributed by atoms with van der Waals surface area (Å²) in [6.07, 6.45) is 0.654. The van der Waals surface area contributed by atoms with Gasteiger partial charge in [0.15, 0.2) is 0 Å². The third-order valence-electron chi connectivity index (χ3n) is 4.03. The molecule has 0 bridgehead atoms. The number of nitrogens with one attached hydrogen (secondary N) is 2. The molecule has 4 nitrogen and oxygen atoms in total. The first-order valence-corrected chi connectivity index (χ1v) is 9.08. The first-order valence-electron chi connectivity index (χ1n) is 7.60. The van der Waals surface area contributed by atoms with Crippen molar-refractivity contribution in [2.24, 2.45) is 0 Å². The Balaban J connectivity index is 1.73. The molecule has 1 heterocycles. The van der Waals surface area contributed by atoms with E-state index in [-0.39, 0.29) is 0 Å². The molecule has 0 saturated heterocycles. The molecule has 2 N–H and O–H groups in total. The van der Waals surface area contributed by atoms with Crippen LogP contribution in [0.25, 0.3) is 10.9 Å². The third-order valence-corrected chi connectivity index (χ3v) is 5.50. The molecule has 3 rings (SSSR count). The van der Waals surface area contributed by atoms with Crippen molar-refractivity contribution in [3.8, 4) is 0 Å². The molecular formula is C18H20N2O2S. The molecule has 0 aliphatic heterocycles. The topological polar surface area (TPSA) is 62.0 Å². The second kappa shape index (κ2) is 6.18. The number of fused-ring (bicyclic) bond motifs is 1. The standard InChI is InChI=1S/C18H20N2O2S/c1-13-7-9-15(10-8-13)23(21,22)19-12-11-16-14(2)20-18-6-4-3-5-17(16)18/h3-10,19-20H,11-12H2,1-2H3. The number of aromatic amines is 1. The van der Waals surface area contributed by atoms with Crippen LogP contribution in [-0.2, 0) is 16.4 Å². The molecule has 0 radical (unpaired) electrons. The van der Waals surface area contributed by atoms with E-state index in [4.69, 9.17) is 0 Å². The van der Waals surface area contributed by atoms with Crippen LogP contribution in [0.3, 0.4) is 0 Å². The van der Waals surface area contributed by atoms with Crippen molar-refractivity contribution in [3.63, 3.8) is 0 Å². The zero-order valence-electron chi connectivity index (χ0n) is 13.3. The van der Waals surface area contributed by atoms with E-state index in [1.165, 1.54) is 0 Å². The van der Waals surface area contributed by atoms with E-state index in [2.05, 4.69) is 15.8 Å². The zero-order chi connectivity index (χ0) is 16.4. The average molecular weight is 328 g/mol. The summed E-state index contributed by atoms with van der Waals surface area (Å²) >= 11 is 0. The molecule has 0 saturated carbocycles. The fraction of sp³-hybridized carbons (Fsp3) is 0.222. The third kappa shape index (κ3) is 3.30. The molecule has 0 spiro atoms. The number of aromatic nitrogens is 1. The van der Waals surface area contributed by atoms with Crippen LogP contribution in [0.4, 0.5) is 0 Å². The SMILES string of the molecule is Cc1ccc(S(=O)(=O)NCCc2c(C)[nH]c3ccccc23)cc1. The Morgan fingerprint density at radius 3 is 2.43 bits per heavy atom. The molecule has 5 heteroatoms. The number of rotatable bonds is 5. The maximum atomic E-state index is 12.3. The fourth-order valence-corrected chi connectivity index (χ4v) is 3.80. The number of H-pyrrole nitrogens is 1. The predicted molar refractivity (Wildman–Crippen MR) is 93.1 cm³/mol. The van der Waals surface area contributed by atoms with Gasteiger partial charge in [0.25, 0.3) is 0 Å². The summed E-state index contributed by atoms with van der Waals surface area (Å²) in [6.45, 7) is 4.33. The second-order valence-corrected chi connectivity index (χ2v) is 7.50. The summed E-state index contributed by atoms with van der Waals surface area (Å²) in [5.74, 6) is 0. The maximum Gasteiger partial charge on any atom is 0.240 e. The number of sulfonamides is 1. The molecule has 0 atom stereocenters. The summed E-state index contributed by atoms with van der Waals surface area (Å²) in [5.41, 5.74) is 4.37. The van der Waals surface area contributed by atoms with Crippen molar-refractivity contribution >= 4 is 20.9 Å². The van der Waals surface area contributed by atoms with Crippen molar-refractivity contribution in [2.45, 2.75) is 25.2 Å². The lowest BCUT2D eigenvalue weighted by Gasteiger charge is -2.07. The molecule has 120 valence electrons. The van der Waals surface area contributed by atoms with Crippen LogP contribution in [0.5, 0.6) is 0 Å². The van der Waals surface area contributed by atoms with Gasteiger partial charge >= 0.3 is 0 Å². The Labute approximate surface area is 136 Å². The van der Waals surface area contributed by atoms with Crippen molar-refractivity contribution < 1.29 is 8.42 Å². The Kier molecular flexibility index (Phi) is 4.24. The van der Waals surface area contributed by atoms with Gasteiger partial charge in [-0.25, -0.2) is 13.1 Å². The van der Waals surface area contributed by atoms with Crippen LogP contribution in [0.2, 0.25) is 0 Å². The number of hydrogen-bond donors (Lipinski definition) is 2. The number of hydrogen-bond acceptors (Lipinski definition) is 2. The molecule has 0 unspecified atom stereocenters. The van der Waals surface area contributed by atoms with Gasteiger partial charge in [-0.3, -0.25) is 0 Å². The minimum absolute atomic E-state index is 0.304. The first-order chi connectivity index (χ1) is 11.0. The number of aryl methyl sites for hydroxylation is 2. The van der Waals surface area contributed by atoms with Crippen molar-refractivity contribution in [3.05, 3.63) is 65.4 Å². The minimum Gasteiger partial charge on any atom is -0.358 e. The highest BCUT2D eigenvalue weighted by Crippen LogP contribution is 2.22. The van der Waals surface area contributed by atoms with E-state index in [0.29, 0.717) is 17.9 Å². The summed E-state index contributed by atoms with van der Waals surface area (Å²) in [4.78, 5) is 3.64. The van der Waals surface area contributed by atoms with E-state index in [1.54, 1.807) is 24.3 Å². The van der Waals surface area contributed by atoms with Crippen LogP contribution in [0.15, 0.2) is 53.4 Å². The average Bonchev–Trinajstić information content (AvgIpc) is 2.84. The molecular weight excluding hydrogens is 308 g/mol. The molecule has 2 aromatic carbocycles. The van der Waals surface area contributed by atoms with Crippen LogP contribution in [0, 0.1) is 13.8 Å². The minimum atomic E-state index is -3.46. The van der Waals surface area contributed by atoms with Crippen molar-refractivity contribution in [1.82, 2.24) is 9.71 Å². The summed E-state index contributed by atoms with van der Waals surface area (Å²) in [7, 11) is -3.46. The van der Waals surface area contributed by atoms with E-state index >= 15 is 0 Å². The summed E-state index contributed by atoms with van der Waals surface area (Å²) in [5, 5.41) is 1.15. The van der Waals surface area contributed by atoms with Crippen molar-refractivity contribution in [2.75, 3.05) is 6.54 Å². The normalized spacial score (nSPS) is 11.9. The molecule has 23 heavy (non-hydrogen) atoms. The lowest BCUT2D eigenvalue weighted by atomic mass is 10.1. The lowest BCUT2D eigenvalue weighted by molar-refractivity contribution is 0.581. The number of benzene rings is 2. The Morgan fingerprint density at radius 2 is 1.70 bits per heavy atom. The van der Waals surface area contributed by atoms with Gasteiger partial charge in [-0.1, -0.05) is 35.9 Å². The largest absolute Gasteiger partial charge is 0.358 e. The monoisotopic (exact) mass is 328 g/mol. The van der Waals surface area contributed by atoms with Gasteiger partial charge in [0.2, 0.25) is 10.0 Å². The maximum absolute atomic E-state index is 12.3. The zero-order valence-corrected chi connectivity index (χ0v) is 14.1. The molecule has 3 aromatic rings. The van der Waals surface area contributed by atoms with Gasteiger partial charge in [-0.05, 0) is 44.0 Å². The molecule has 0 amide bonds. The quantitative estimate of drug-likeness (QED) is 0.755. The highest BCUT2D eigenvalue weighted by Gasteiger charge is 2.14. The molecule has 0 fully saturated rings. The smallest absolute Gasteiger partial charge is 0.240 e. The van der Waals surface area contributed by atoms with E-state index in [1.807, 2.05) is 32.0 Å². The summed E-state index contributed by atoms with van der Waals surface area (Å²) in [6, 6.07) is 14.9. The Bertz CT molecular complexity index is 925. The highest BCUT2D eigenvalue weighted by atomic mass is 32.2. The fourth-order valence-electron chi connectivity index (χ4n) is 2.77. The van der Waals surface area contributed by atoms with Gasteiger partial charge in [0.1, 0.15) is 0 Å². The van der Waals surface area contributed by atoms with Gasteiger partial charge < -0.3 is 4.98 Å². The van der Waals surface area contributed by atoms with Gasteiger partial charge in [-0.15, -0.1) is 0 Å². The van der Waals surface area contributed by atoms with Crippen LogP contribution >= 0.6 is 0 Å². The molecule has 1 aromatic heterocycles. The van der Waals surface area contributed by atoms with Gasteiger partial charge in [-0.2, -0.15) is 0 Å². The van der Waals surface area contributed by atoms with Crippen LogP contribution in [0.1, 0.15) is 16.8 Å². The van der Waals surface area contributed by atoms with E-state index in [0.717, 1.165) is 27.7 Å². The van der Waals surface area contributed by atoms with Crippen molar-refractivity contribution in [1.29, 1.82) is 0 Å². The van der Waals surface area contributed by atoms with Gasteiger partial charge in [0.05, 0.1) is 4.90 Å². The Hall–Kier alpha value is -2.11. The van der Waals surface area contributed by atoms with Crippen LogP contribution < -0.4 is 4.72 Å². The lowest BCUT2D eigenvalue weighted by Crippen LogP contribution is -2.26. The number of para-hydroxylation sites is 1. The van der Waals surface area contributed by atoms with E-state index in [9.17, 15) is 8.42 Å². The van der Waals surface area contributed by atoms with E-state index < -0.39 is 10.0 Å². The Morgan fingerprint density at radius 1 is 1.00 bits per heavy atom. The summed E-state index contributed by atoms with van der Waals surface area (Å²) < 4.78 is 27.3. The highest BCUT2D eigenvalue weighted by molar-refractivity contribution is 7.89.